The van der Waals surface area contributed by atoms with Gasteiger partial charge in [-0.25, -0.2) is 0 Å². The number of nitrogens with zero attached hydrogens (tertiary/aromatic N) is 1. The maximum absolute atomic E-state index is 11.7. The molecule has 1 aromatic carbocycles. The minimum absolute atomic E-state index is 0.248. The Kier molecular flexibility index (Phi) is 2.62. The Morgan fingerprint density at radius 2 is 2.13 bits per heavy atom. The van der Waals surface area contributed by atoms with Crippen LogP contribution in [-0.2, 0) is 11.3 Å². The molecule has 0 radical (unpaired) electrons. The standard InChI is InChI=1S/C12H16N2O/c1-14(12(15)9-6-7-9)8-10-4-2-3-5-11(10)13/h2-5,9H,6-8,13H2,1H3. The van der Waals surface area contributed by atoms with Gasteiger partial charge in [0.25, 0.3) is 0 Å². The molecule has 0 spiro atoms. The second-order valence-corrected chi connectivity index (χ2v) is 4.17. The molecule has 0 unspecified atom stereocenters. The van der Waals surface area contributed by atoms with Crippen LogP contribution in [0.3, 0.4) is 0 Å². The first-order valence-electron chi connectivity index (χ1n) is 5.27. The van der Waals surface area contributed by atoms with Crippen LogP contribution in [0.25, 0.3) is 0 Å². The molecule has 3 heteroatoms. The first kappa shape index (κ1) is 10.0. The lowest BCUT2D eigenvalue weighted by atomic mass is 10.1. The van der Waals surface area contributed by atoms with Gasteiger partial charge < -0.3 is 10.6 Å². The fourth-order valence-electron chi connectivity index (χ4n) is 1.65. The third-order valence-electron chi connectivity index (χ3n) is 2.77. The van der Waals surface area contributed by atoms with Crippen LogP contribution in [0.5, 0.6) is 0 Å². The molecule has 1 fully saturated rings. The van der Waals surface area contributed by atoms with Crippen LogP contribution in [0.1, 0.15) is 18.4 Å². The van der Waals surface area contributed by atoms with Gasteiger partial charge in [0.15, 0.2) is 0 Å². The smallest absolute Gasteiger partial charge is 0.225 e. The van der Waals surface area contributed by atoms with Crippen LogP contribution >= 0.6 is 0 Å². The van der Waals surface area contributed by atoms with Gasteiger partial charge in [-0.1, -0.05) is 18.2 Å². The first-order chi connectivity index (χ1) is 7.18. The Hall–Kier alpha value is -1.51. The lowest BCUT2D eigenvalue weighted by Gasteiger charge is -2.17. The Labute approximate surface area is 89.9 Å². The molecule has 0 aromatic heterocycles. The summed E-state index contributed by atoms with van der Waals surface area (Å²) in [5.74, 6) is 0.526. The Morgan fingerprint density at radius 1 is 1.47 bits per heavy atom. The zero-order chi connectivity index (χ0) is 10.8. The summed E-state index contributed by atoms with van der Waals surface area (Å²) < 4.78 is 0. The van der Waals surface area contributed by atoms with Crippen molar-refractivity contribution in [3.63, 3.8) is 0 Å². The molecular formula is C12H16N2O. The number of para-hydroxylation sites is 1. The number of nitrogens with two attached hydrogens (primary N) is 1. The summed E-state index contributed by atoms with van der Waals surface area (Å²) >= 11 is 0. The van der Waals surface area contributed by atoms with Crippen LogP contribution in [-0.4, -0.2) is 17.9 Å². The lowest BCUT2D eigenvalue weighted by molar-refractivity contribution is -0.131. The van der Waals surface area contributed by atoms with Crippen LogP contribution in [0.4, 0.5) is 5.69 Å². The van der Waals surface area contributed by atoms with Crippen molar-refractivity contribution in [2.45, 2.75) is 19.4 Å². The summed E-state index contributed by atoms with van der Waals surface area (Å²) in [5.41, 5.74) is 7.60. The van der Waals surface area contributed by atoms with Crippen molar-refractivity contribution in [2.75, 3.05) is 12.8 Å². The molecule has 0 atom stereocenters. The number of hydrogen-bond donors (Lipinski definition) is 1. The third-order valence-corrected chi connectivity index (χ3v) is 2.77. The molecule has 1 amide bonds. The minimum atomic E-state index is 0.248. The van der Waals surface area contributed by atoms with Gasteiger partial charge in [0.1, 0.15) is 0 Å². The van der Waals surface area contributed by atoms with Crippen LogP contribution < -0.4 is 5.73 Å². The molecule has 2 N–H and O–H groups in total. The van der Waals surface area contributed by atoms with E-state index in [2.05, 4.69) is 0 Å². The molecule has 1 aliphatic carbocycles. The van der Waals surface area contributed by atoms with Crippen molar-refractivity contribution in [2.24, 2.45) is 5.92 Å². The highest BCUT2D eigenvalue weighted by molar-refractivity contribution is 5.80. The summed E-state index contributed by atoms with van der Waals surface area (Å²) in [7, 11) is 1.84. The van der Waals surface area contributed by atoms with E-state index in [-0.39, 0.29) is 11.8 Å². The largest absolute Gasteiger partial charge is 0.398 e. The monoisotopic (exact) mass is 204 g/mol. The normalized spacial score (nSPS) is 15.0. The number of anilines is 1. The van der Waals surface area contributed by atoms with Gasteiger partial charge >= 0.3 is 0 Å². The predicted octanol–water partition coefficient (Wildman–Crippen LogP) is 1.64. The second-order valence-electron chi connectivity index (χ2n) is 4.17. The van der Waals surface area contributed by atoms with Gasteiger partial charge in [0.2, 0.25) is 5.91 Å². The number of hydrogen-bond acceptors (Lipinski definition) is 2. The number of nitrogen functional groups attached to an aromatic ring is 1. The zero-order valence-electron chi connectivity index (χ0n) is 8.94. The second kappa shape index (κ2) is 3.93. The Morgan fingerprint density at radius 3 is 2.73 bits per heavy atom. The van der Waals surface area contributed by atoms with Crippen LogP contribution in [0, 0.1) is 5.92 Å². The summed E-state index contributed by atoms with van der Waals surface area (Å²) in [4.78, 5) is 13.5. The molecule has 1 aromatic rings. The van der Waals surface area contributed by atoms with Crippen LogP contribution in [0.15, 0.2) is 24.3 Å². The van der Waals surface area contributed by atoms with E-state index >= 15 is 0 Å². The molecule has 1 saturated carbocycles. The molecule has 1 aliphatic rings. The lowest BCUT2D eigenvalue weighted by Crippen LogP contribution is -2.27. The van der Waals surface area contributed by atoms with Crippen molar-refractivity contribution in [1.29, 1.82) is 0 Å². The Balaban J connectivity index is 2.01. The number of benzene rings is 1. The molecular weight excluding hydrogens is 188 g/mol. The number of amides is 1. The van der Waals surface area contributed by atoms with E-state index in [0.717, 1.165) is 24.1 Å². The minimum Gasteiger partial charge on any atom is -0.398 e. The van der Waals surface area contributed by atoms with Crippen LogP contribution in [0.2, 0.25) is 0 Å². The van der Waals surface area contributed by atoms with E-state index in [0.29, 0.717) is 6.54 Å². The van der Waals surface area contributed by atoms with Gasteiger partial charge in [0.05, 0.1) is 0 Å². The van der Waals surface area contributed by atoms with Crippen molar-refractivity contribution >= 4 is 11.6 Å². The van der Waals surface area contributed by atoms with Gasteiger partial charge in [0, 0.05) is 25.2 Å². The Bertz CT molecular complexity index is 372. The molecule has 0 bridgehead atoms. The molecule has 3 nitrogen and oxygen atoms in total. The fourth-order valence-corrected chi connectivity index (χ4v) is 1.65. The van der Waals surface area contributed by atoms with Crippen molar-refractivity contribution in [1.82, 2.24) is 4.90 Å². The predicted molar refractivity (Wildman–Crippen MR) is 60.1 cm³/mol. The van der Waals surface area contributed by atoms with E-state index < -0.39 is 0 Å². The summed E-state index contributed by atoms with van der Waals surface area (Å²) in [6, 6.07) is 7.68. The highest BCUT2D eigenvalue weighted by Crippen LogP contribution is 2.31. The van der Waals surface area contributed by atoms with E-state index in [1.165, 1.54) is 0 Å². The van der Waals surface area contributed by atoms with Gasteiger partial charge in [-0.15, -0.1) is 0 Å². The SMILES string of the molecule is CN(Cc1ccccc1N)C(=O)C1CC1. The zero-order valence-corrected chi connectivity index (χ0v) is 8.94. The van der Waals surface area contributed by atoms with E-state index in [9.17, 15) is 4.79 Å². The van der Waals surface area contributed by atoms with Gasteiger partial charge in [-0.2, -0.15) is 0 Å². The fraction of sp³-hybridized carbons (Fsp3) is 0.417. The van der Waals surface area contributed by atoms with E-state index in [1.807, 2.05) is 31.3 Å². The number of carbonyl (C=O) groups is 1. The van der Waals surface area contributed by atoms with Crippen molar-refractivity contribution in [3.8, 4) is 0 Å². The van der Waals surface area contributed by atoms with Gasteiger partial charge in [-0.3, -0.25) is 4.79 Å². The first-order valence-corrected chi connectivity index (χ1v) is 5.27. The third kappa shape index (κ3) is 2.29. The van der Waals surface area contributed by atoms with E-state index in [4.69, 9.17) is 5.73 Å². The number of carbonyl (C=O) groups excluding carboxylic acids is 1. The average Bonchev–Trinajstić information content (AvgIpc) is 3.04. The molecule has 2 rings (SSSR count). The van der Waals surface area contributed by atoms with E-state index in [1.54, 1.807) is 4.90 Å². The maximum Gasteiger partial charge on any atom is 0.225 e. The van der Waals surface area contributed by atoms with Crippen molar-refractivity contribution in [3.05, 3.63) is 29.8 Å². The summed E-state index contributed by atoms with van der Waals surface area (Å²) in [6.45, 7) is 0.613. The average molecular weight is 204 g/mol. The van der Waals surface area contributed by atoms with Gasteiger partial charge in [-0.05, 0) is 24.5 Å². The molecule has 0 heterocycles. The molecule has 0 saturated heterocycles. The summed E-state index contributed by atoms with van der Waals surface area (Å²) in [5, 5.41) is 0. The van der Waals surface area contributed by atoms with Crippen molar-refractivity contribution < 1.29 is 4.79 Å². The maximum atomic E-state index is 11.7. The topological polar surface area (TPSA) is 46.3 Å². The quantitative estimate of drug-likeness (QED) is 0.761. The molecule has 80 valence electrons. The molecule has 15 heavy (non-hydrogen) atoms. The highest BCUT2D eigenvalue weighted by Gasteiger charge is 2.31. The summed E-state index contributed by atoms with van der Waals surface area (Å²) in [6.07, 6.45) is 2.10. The molecule has 0 aliphatic heterocycles. The highest BCUT2D eigenvalue weighted by atomic mass is 16.2. The number of rotatable bonds is 3.